The highest BCUT2D eigenvalue weighted by Crippen LogP contribution is 2.29. The summed E-state index contributed by atoms with van der Waals surface area (Å²) in [5.74, 6) is 1.49. The number of benzene rings is 1. The van der Waals surface area contributed by atoms with Crippen molar-refractivity contribution in [3.8, 4) is 17.3 Å². The molecule has 1 aliphatic rings. The Labute approximate surface area is 154 Å². The monoisotopic (exact) mass is 362 g/mol. The molecule has 3 aromatic heterocycles. The molecule has 0 spiro atoms. The van der Waals surface area contributed by atoms with Crippen LogP contribution in [0.5, 0.6) is 5.88 Å². The minimum atomic E-state index is 0.115. The number of amides is 1. The number of furan rings is 1. The summed E-state index contributed by atoms with van der Waals surface area (Å²) in [5.41, 5.74) is 2.29. The number of imidazole rings is 1. The van der Waals surface area contributed by atoms with Gasteiger partial charge in [-0.15, -0.1) is 5.10 Å². The molecular weight excluding hydrogens is 344 g/mol. The Balaban J connectivity index is 1.35. The number of hydrogen-bond donors (Lipinski definition) is 1. The molecule has 0 radical (unpaired) electrons. The molecule has 1 fully saturated rings. The molecule has 27 heavy (non-hydrogen) atoms. The molecule has 1 aromatic carbocycles. The van der Waals surface area contributed by atoms with Gasteiger partial charge in [-0.1, -0.05) is 18.2 Å². The molecular formula is C20H18N4O3. The Bertz CT molecular complexity index is 1090. The maximum atomic E-state index is 11.6. The van der Waals surface area contributed by atoms with Crippen LogP contribution in [0.25, 0.3) is 28.1 Å². The van der Waals surface area contributed by atoms with Gasteiger partial charge in [0.2, 0.25) is 11.8 Å². The van der Waals surface area contributed by atoms with Gasteiger partial charge in [-0.3, -0.25) is 4.79 Å². The fourth-order valence-electron chi connectivity index (χ4n) is 3.03. The zero-order valence-electron chi connectivity index (χ0n) is 14.6. The van der Waals surface area contributed by atoms with Crippen molar-refractivity contribution in [2.24, 2.45) is 5.92 Å². The molecule has 136 valence electrons. The predicted octanol–water partition coefficient (Wildman–Crippen LogP) is 3.05. The van der Waals surface area contributed by atoms with E-state index in [1.165, 1.54) is 0 Å². The summed E-state index contributed by atoms with van der Waals surface area (Å²) in [4.78, 5) is 16.0. The van der Waals surface area contributed by atoms with Crippen molar-refractivity contribution in [3.63, 3.8) is 0 Å². The van der Waals surface area contributed by atoms with Crippen LogP contribution < -0.4 is 10.1 Å². The van der Waals surface area contributed by atoms with Gasteiger partial charge in [0.05, 0.1) is 12.7 Å². The Hall–Kier alpha value is -3.35. The van der Waals surface area contributed by atoms with Crippen LogP contribution in [0.3, 0.4) is 0 Å². The third-order valence-electron chi connectivity index (χ3n) is 4.62. The van der Waals surface area contributed by atoms with Crippen LogP contribution in [0.15, 0.2) is 53.1 Å². The number of rotatable bonds is 6. The first kappa shape index (κ1) is 15.9. The minimum Gasteiger partial charge on any atom is -0.475 e. The fourth-order valence-corrected chi connectivity index (χ4v) is 3.03. The highest BCUT2D eigenvalue weighted by molar-refractivity contribution is 5.82. The van der Waals surface area contributed by atoms with Gasteiger partial charge in [-0.25, -0.2) is 9.50 Å². The number of aromatic nitrogens is 3. The van der Waals surface area contributed by atoms with Gasteiger partial charge in [-0.2, -0.15) is 0 Å². The lowest BCUT2D eigenvalue weighted by Gasteiger charge is -2.07. The number of fused-ring (bicyclic) bond motifs is 2. The van der Waals surface area contributed by atoms with Crippen molar-refractivity contribution in [3.05, 3.63) is 48.7 Å². The molecule has 4 aromatic rings. The Morgan fingerprint density at radius 3 is 3.00 bits per heavy atom. The molecule has 1 amide bonds. The van der Waals surface area contributed by atoms with Crippen molar-refractivity contribution in [1.29, 1.82) is 0 Å². The molecule has 0 saturated heterocycles. The summed E-state index contributed by atoms with van der Waals surface area (Å²) < 4.78 is 13.3. The summed E-state index contributed by atoms with van der Waals surface area (Å²) in [6.07, 6.45) is 3.73. The lowest BCUT2D eigenvalue weighted by molar-refractivity contribution is -0.122. The van der Waals surface area contributed by atoms with Crippen molar-refractivity contribution < 1.29 is 13.9 Å². The van der Waals surface area contributed by atoms with Crippen LogP contribution in [-0.2, 0) is 4.79 Å². The Morgan fingerprint density at radius 1 is 1.26 bits per heavy atom. The van der Waals surface area contributed by atoms with Gasteiger partial charge < -0.3 is 14.5 Å². The summed E-state index contributed by atoms with van der Waals surface area (Å²) in [5, 5.41) is 8.41. The SMILES string of the molecule is O=C(NCCOc1ccc2ncc(-c3cc4ccccc4o3)n2n1)C1CC1. The first-order valence-corrected chi connectivity index (χ1v) is 9.02. The molecule has 7 heteroatoms. The number of para-hydroxylation sites is 1. The topological polar surface area (TPSA) is 81.7 Å². The van der Waals surface area contributed by atoms with Gasteiger partial charge in [0.15, 0.2) is 11.4 Å². The second kappa shape index (κ2) is 6.42. The summed E-state index contributed by atoms with van der Waals surface area (Å²) in [7, 11) is 0. The van der Waals surface area contributed by atoms with Crippen molar-refractivity contribution in [1.82, 2.24) is 19.9 Å². The number of hydrogen-bond acceptors (Lipinski definition) is 5. The summed E-state index contributed by atoms with van der Waals surface area (Å²) >= 11 is 0. The van der Waals surface area contributed by atoms with Crippen LogP contribution >= 0.6 is 0 Å². The number of nitrogens with zero attached hydrogens (tertiary/aromatic N) is 3. The highest BCUT2D eigenvalue weighted by atomic mass is 16.5. The van der Waals surface area contributed by atoms with E-state index < -0.39 is 0 Å². The quantitative estimate of drug-likeness (QED) is 0.533. The van der Waals surface area contributed by atoms with Gasteiger partial charge in [0.25, 0.3) is 0 Å². The molecule has 0 atom stereocenters. The first-order valence-electron chi connectivity index (χ1n) is 9.02. The predicted molar refractivity (Wildman–Crippen MR) is 99.4 cm³/mol. The zero-order chi connectivity index (χ0) is 18.2. The van der Waals surface area contributed by atoms with E-state index in [9.17, 15) is 4.79 Å². The van der Waals surface area contributed by atoms with Crippen LogP contribution in [0.2, 0.25) is 0 Å². The number of ether oxygens (including phenoxy) is 1. The molecule has 7 nitrogen and oxygen atoms in total. The molecule has 1 aliphatic carbocycles. The van der Waals surface area contributed by atoms with E-state index >= 15 is 0 Å². The minimum absolute atomic E-state index is 0.115. The summed E-state index contributed by atoms with van der Waals surface area (Å²) in [6, 6.07) is 13.4. The highest BCUT2D eigenvalue weighted by Gasteiger charge is 2.29. The van der Waals surface area contributed by atoms with Gasteiger partial charge >= 0.3 is 0 Å². The van der Waals surface area contributed by atoms with Crippen molar-refractivity contribution in [2.45, 2.75) is 12.8 Å². The lowest BCUT2D eigenvalue weighted by Crippen LogP contribution is -2.29. The molecule has 1 N–H and O–H groups in total. The third kappa shape index (κ3) is 3.12. The molecule has 0 unspecified atom stereocenters. The molecule has 0 bridgehead atoms. The smallest absolute Gasteiger partial charge is 0.231 e. The number of nitrogens with one attached hydrogen (secondary N) is 1. The van der Waals surface area contributed by atoms with E-state index in [1.807, 2.05) is 36.4 Å². The van der Waals surface area contributed by atoms with Crippen molar-refractivity contribution in [2.75, 3.05) is 13.2 Å². The standard InChI is InChI=1S/C20H18N4O3/c25-20(13-5-6-13)21-9-10-26-19-8-7-18-22-12-15(24(18)23-19)17-11-14-3-1-2-4-16(14)27-17/h1-4,7-8,11-13H,5-6,9-10H2,(H,21,25). The second-order valence-corrected chi connectivity index (χ2v) is 6.65. The normalized spacial score (nSPS) is 13.9. The van der Waals surface area contributed by atoms with Crippen molar-refractivity contribution >= 4 is 22.5 Å². The lowest BCUT2D eigenvalue weighted by atomic mass is 10.2. The van der Waals surface area contributed by atoms with Gasteiger partial charge in [0, 0.05) is 17.4 Å². The number of carbonyl (C=O) groups excluding carboxylic acids is 1. The van der Waals surface area contributed by atoms with E-state index in [4.69, 9.17) is 9.15 Å². The third-order valence-corrected chi connectivity index (χ3v) is 4.62. The molecule has 0 aliphatic heterocycles. The van der Waals surface area contributed by atoms with E-state index in [0.717, 1.165) is 29.5 Å². The molecule has 5 rings (SSSR count). The van der Waals surface area contributed by atoms with Gasteiger partial charge in [-0.05, 0) is 31.0 Å². The first-order chi connectivity index (χ1) is 13.3. The van der Waals surface area contributed by atoms with Crippen LogP contribution in [0.4, 0.5) is 0 Å². The average molecular weight is 362 g/mol. The Kier molecular flexibility index (Phi) is 3.78. The second-order valence-electron chi connectivity index (χ2n) is 6.65. The van der Waals surface area contributed by atoms with Crippen LogP contribution in [0, 0.1) is 5.92 Å². The Morgan fingerprint density at radius 2 is 2.15 bits per heavy atom. The average Bonchev–Trinajstić information content (AvgIpc) is 3.32. The van der Waals surface area contributed by atoms with E-state index in [2.05, 4.69) is 15.4 Å². The van der Waals surface area contributed by atoms with E-state index in [0.29, 0.717) is 30.4 Å². The zero-order valence-corrected chi connectivity index (χ0v) is 14.6. The van der Waals surface area contributed by atoms with E-state index in [-0.39, 0.29) is 11.8 Å². The fraction of sp³-hybridized carbons (Fsp3) is 0.250. The maximum absolute atomic E-state index is 11.6. The van der Waals surface area contributed by atoms with E-state index in [1.54, 1.807) is 16.8 Å². The van der Waals surface area contributed by atoms with Crippen LogP contribution in [-0.4, -0.2) is 33.7 Å². The van der Waals surface area contributed by atoms with Gasteiger partial charge in [0.1, 0.15) is 17.9 Å². The summed E-state index contributed by atoms with van der Waals surface area (Å²) in [6.45, 7) is 0.834. The van der Waals surface area contributed by atoms with Crippen LogP contribution in [0.1, 0.15) is 12.8 Å². The molecule has 3 heterocycles. The number of carbonyl (C=O) groups is 1. The maximum Gasteiger partial charge on any atom is 0.231 e. The largest absolute Gasteiger partial charge is 0.475 e. The molecule has 1 saturated carbocycles.